The number of aromatic hydroxyl groups is 2. The molecular weight excluding hydrogens is 334 g/mol. The van der Waals surface area contributed by atoms with Crippen molar-refractivity contribution in [1.29, 1.82) is 0 Å². The summed E-state index contributed by atoms with van der Waals surface area (Å²) in [6.07, 6.45) is 3.58. The molecule has 1 aromatic heterocycles. The summed E-state index contributed by atoms with van der Waals surface area (Å²) in [7, 11) is 0. The highest BCUT2D eigenvalue weighted by Gasteiger charge is 2.28. The van der Waals surface area contributed by atoms with E-state index in [-0.39, 0.29) is 29.6 Å². The molecule has 24 heavy (non-hydrogen) atoms. The zero-order chi connectivity index (χ0) is 17.7. The van der Waals surface area contributed by atoms with Crippen LogP contribution in [0.15, 0.2) is 6.07 Å². The largest absolute Gasteiger partial charge is 0.494 e. The van der Waals surface area contributed by atoms with Gasteiger partial charge in [0.2, 0.25) is 6.79 Å². The number of ether oxygens (including phenoxy) is 2. The Morgan fingerprint density at radius 2 is 1.92 bits per heavy atom. The van der Waals surface area contributed by atoms with Crippen LogP contribution >= 0.6 is 12.6 Å². The lowest BCUT2D eigenvalue weighted by Gasteiger charge is -2.27. The van der Waals surface area contributed by atoms with E-state index < -0.39 is 12.1 Å². The van der Waals surface area contributed by atoms with Gasteiger partial charge in [0.25, 0.3) is 0 Å². The Balaban J connectivity index is 1.82. The first-order valence-corrected chi connectivity index (χ1v) is 8.49. The van der Waals surface area contributed by atoms with Gasteiger partial charge in [-0.25, -0.2) is 4.79 Å². The molecule has 1 aliphatic rings. The van der Waals surface area contributed by atoms with Crippen molar-refractivity contribution in [2.45, 2.75) is 45.6 Å². The number of thiol groups is 1. The summed E-state index contributed by atoms with van der Waals surface area (Å²) in [4.78, 5) is 22.4. The molecule has 134 valence electrons. The first-order chi connectivity index (χ1) is 11.4. The maximum absolute atomic E-state index is 11.9. The number of nitrogens with zero attached hydrogens (tertiary/aromatic N) is 1. The SMILES string of the molecule is CCc1cc(O)n(CC2CCC(C(=O)OCOC(=O)S)CC2)c1O. The average Bonchev–Trinajstić information content (AvgIpc) is 2.82. The van der Waals surface area contributed by atoms with E-state index >= 15 is 0 Å². The molecule has 0 bridgehead atoms. The summed E-state index contributed by atoms with van der Waals surface area (Å²) in [5, 5.41) is 19.3. The van der Waals surface area contributed by atoms with E-state index in [4.69, 9.17) is 4.74 Å². The molecule has 1 heterocycles. The number of rotatable bonds is 6. The molecule has 1 saturated carbocycles. The minimum atomic E-state index is -0.788. The van der Waals surface area contributed by atoms with E-state index in [2.05, 4.69) is 17.4 Å². The van der Waals surface area contributed by atoms with Crippen molar-refractivity contribution >= 4 is 23.9 Å². The number of esters is 1. The fourth-order valence-corrected chi connectivity index (χ4v) is 3.17. The van der Waals surface area contributed by atoms with E-state index in [1.807, 2.05) is 6.92 Å². The lowest BCUT2D eigenvalue weighted by atomic mass is 9.82. The minimum Gasteiger partial charge on any atom is -0.494 e. The van der Waals surface area contributed by atoms with E-state index in [1.54, 1.807) is 6.07 Å². The Bertz CT molecular complexity index is 592. The molecule has 0 aromatic carbocycles. The third-order valence-corrected chi connectivity index (χ3v) is 4.64. The van der Waals surface area contributed by atoms with Crippen LogP contribution in [-0.2, 0) is 27.2 Å². The highest BCUT2D eigenvalue weighted by atomic mass is 32.1. The molecule has 0 radical (unpaired) electrons. The van der Waals surface area contributed by atoms with Crippen LogP contribution in [0.25, 0.3) is 0 Å². The number of carbonyl (C=O) groups is 2. The Morgan fingerprint density at radius 3 is 2.46 bits per heavy atom. The first-order valence-electron chi connectivity index (χ1n) is 8.05. The van der Waals surface area contributed by atoms with Crippen molar-refractivity contribution < 1.29 is 29.3 Å². The van der Waals surface area contributed by atoms with Crippen molar-refractivity contribution in [3.8, 4) is 11.8 Å². The number of carbonyl (C=O) groups excluding carboxylic acids is 2. The second-order valence-electron chi connectivity index (χ2n) is 6.02. The third kappa shape index (κ3) is 4.59. The maximum atomic E-state index is 11.9. The van der Waals surface area contributed by atoms with E-state index in [0.717, 1.165) is 18.4 Å². The first kappa shape index (κ1) is 18.5. The van der Waals surface area contributed by atoms with Crippen molar-refractivity contribution in [3.63, 3.8) is 0 Å². The van der Waals surface area contributed by atoms with Gasteiger partial charge in [0.15, 0.2) is 11.8 Å². The highest BCUT2D eigenvalue weighted by Crippen LogP contribution is 2.34. The number of hydrogen-bond acceptors (Lipinski definition) is 6. The van der Waals surface area contributed by atoms with E-state index in [9.17, 15) is 19.8 Å². The van der Waals surface area contributed by atoms with Crippen molar-refractivity contribution in [1.82, 2.24) is 4.57 Å². The van der Waals surface area contributed by atoms with Crippen molar-refractivity contribution in [2.75, 3.05) is 6.79 Å². The topological polar surface area (TPSA) is 98.0 Å². The zero-order valence-electron chi connectivity index (χ0n) is 13.6. The normalized spacial score (nSPS) is 20.6. The van der Waals surface area contributed by atoms with Gasteiger partial charge in [-0.05, 0) is 38.0 Å². The maximum Gasteiger partial charge on any atom is 0.367 e. The molecule has 0 amide bonds. The number of aryl methyl sites for hydroxylation is 1. The molecule has 7 nitrogen and oxygen atoms in total. The van der Waals surface area contributed by atoms with Crippen LogP contribution in [0.5, 0.6) is 11.8 Å². The van der Waals surface area contributed by atoms with Crippen molar-refractivity contribution in [2.24, 2.45) is 11.8 Å². The summed E-state index contributed by atoms with van der Waals surface area (Å²) < 4.78 is 10.9. The summed E-state index contributed by atoms with van der Waals surface area (Å²) >= 11 is 3.42. The standard InChI is InChI=1S/C16H23NO6S/c1-2-11-7-13(18)17(14(11)19)8-10-3-5-12(6-4-10)15(20)22-9-23-16(21)24/h7,10,12,18-19H,2-6,8-9H2,1H3,(H,21,24). The van der Waals surface area contributed by atoms with Gasteiger partial charge in [0, 0.05) is 18.2 Å². The van der Waals surface area contributed by atoms with Gasteiger partial charge in [0.05, 0.1) is 5.92 Å². The molecule has 1 aromatic rings. The summed E-state index contributed by atoms with van der Waals surface area (Å²) in [6.45, 7) is 2.03. The van der Waals surface area contributed by atoms with Gasteiger partial charge in [-0.3, -0.25) is 9.36 Å². The summed E-state index contributed by atoms with van der Waals surface area (Å²) in [5.74, 6) is -0.122. The Kier molecular flexibility index (Phi) is 6.42. The second-order valence-corrected chi connectivity index (χ2v) is 6.39. The molecule has 0 spiro atoms. The quantitative estimate of drug-likeness (QED) is 0.411. The summed E-state index contributed by atoms with van der Waals surface area (Å²) in [6, 6.07) is 1.58. The van der Waals surface area contributed by atoms with Gasteiger partial charge in [0.1, 0.15) is 0 Å². The molecular formula is C16H23NO6S. The van der Waals surface area contributed by atoms with Crippen LogP contribution < -0.4 is 0 Å². The average molecular weight is 357 g/mol. The van der Waals surface area contributed by atoms with Gasteiger partial charge in [-0.15, -0.1) is 0 Å². The molecule has 1 fully saturated rings. The zero-order valence-corrected chi connectivity index (χ0v) is 14.5. The lowest BCUT2D eigenvalue weighted by Crippen LogP contribution is -2.26. The second kappa shape index (κ2) is 8.32. The third-order valence-electron chi connectivity index (χ3n) is 4.51. The minimum absolute atomic E-state index is 0.0689. The predicted molar refractivity (Wildman–Crippen MR) is 89.0 cm³/mol. The smallest absolute Gasteiger partial charge is 0.367 e. The predicted octanol–water partition coefficient (Wildman–Crippen LogP) is 2.84. The van der Waals surface area contributed by atoms with Gasteiger partial charge in [-0.1, -0.05) is 19.6 Å². The van der Waals surface area contributed by atoms with Gasteiger partial charge >= 0.3 is 11.3 Å². The Hall–Kier alpha value is -1.83. The lowest BCUT2D eigenvalue weighted by molar-refractivity contribution is -0.157. The molecule has 2 N–H and O–H groups in total. The Labute approximate surface area is 146 Å². The van der Waals surface area contributed by atoms with Crippen LogP contribution in [-0.4, -0.2) is 32.8 Å². The highest BCUT2D eigenvalue weighted by molar-refractivity contribution is 7.96. The van der Waals surface area contributed by atoms with Crippen LogP contribution in [0.2, 0.25) is 0 Å². The molecule has 0 aliphatic heterocycles. The van der Waals surface area contributed by atoms with Crippen LogP contribution in [0.4, 0.5) is 4.79 Å². The van der Waals surface area contributed by atoms with E-state index in [1.165, 1.54) is 4.57 Å². The van der Waals surface area contributed by atoms with Gasteiger partial charge in [-0.2, -0.15) is 0 Å². The van der Waals surface area contributed by atoms with Crippen LogP contribution in [0.3, 0.4) is 0 Å². The Morgan fingerprint density at radius 1 is 1.25 bits per heavy atom. The molecule has 0 atom stereocenters. The fourth-order valence-electron chi connectivity index (χ4n) is 3.12. The molecule has 0 saturated heterocycles. The van der Waals surface area contributed by atoms with Gasteiger partial charge < -0.3 is 19.7 Å². The molecule has 0 unspecified atom stereocenters. The van der Waals surface area contributed by atoms with Crippen LogP contribution in [0, 0.1) is 11.8 Å². The monoisotopic (exact) mass is 357 g/mol. The van der Waals surface area contributed by atoms with E-state index in [0.29, 0.717) is 25.8 Å². The number of aromatic nitrogens is 1. The molecule has 2 rings (SSSR count). The fraction of sp³-hybridized carbons (Fsp3) is 0.625. The number of hydrogen-bond donors (Lipinski definition) is 3. The summed E-state index contributed by atoms with van der Waals surface area (Å²) in [5.41, 5.74) is 0.725. The molecule has 8 heteroatoms. The van der Waals surface area contributed by atoms with Crippen LogP contribution in [0.1, 0.15) is 38.2 Å². The van der Waals surface area contributed by atoms with Crippen molar-refractivity contribution in [3.05, 3.63) is 11.6 Å². The molecule has 1 aliphatic carbocycles.